The summed E-state index contributed by atoms with van der Waals surface area (Å²) in [5.74, 6) is 0. The van der Waals surface area contributed by atoms with Crippen LogP contribution in [0.4, 0.5) is 5.69 Å². The minimum Gasteiger partial charge on any atom is -0.374 e. The van der Waals surface area contributed by atoms with E-state index in [1.807, 2.05) is 6.07 Å². The van der Waals surface area contributed by atoms with Crippen molar-refractivity contribution in [1.29, 1.82) is 0 Å². The lowest BCUT2D eigenvalue weighted by Crippen LogP contribution is -2.12. The van der Waals surface area contributed by atoms with Gasteiger partial charge in [-0.2, -0.15) is 0 Å². The molecule has 72 valence electrons. The second-order valence-corrected chi connectivity index (χ2v) is 3.52. The first-order valence-corrected chi connectivity index (χ1v) is 4.65. The fourth-order valence-corrected chi connectivity index (χ4v) is 1.83. The summed E-state index contributed by atoms with van der Waals surface area (Å²) in [6.07, 6.45) is 1.09. The van der Waals surface area contributed by atoms with E-state index in [9.17, 15) is 0 Å². The predicted octanol–water partition coefficient (Wildman–Crippen LogP) is 2.49. The lowest BCUT2D eigenvalue weighted by molar-refractivity contribution is 0.955. The number of hydrogen-bond acceptors (Lipinski definition) is 2. The van der Waals surface area contributed by atoms with E-state index in [1.165, 1.54) is 11.3 Å². The summed E-state index contributed by atoms with van der Waals surface area (Å²) in [6, 6.07) is 6.26. The molecule has 4 nitrogen and oxygen atoms in total. The molecule has 2 rings (SSSR count). The standard InChI is InChI=1S/C10H12N4/c1-14-5-4-9-6-8(7-12-13-11)2-3-10(9)14/h2-3,6H,4-5,7H2,1H3. The van der Waals surface area contributed by atoms with Crippen LogP contribution in [0, 0.1) is 0 Å². The molecule has 0 spiro atoms. The van der Waals surface area contributed by atoms with E-state index >= 15 is 0 Å². The van der Waals surface area contributed by atoms with Gasteiger partial charge in [0.1, 0.15) is 0 Å². The molecule has 0 amide bonds. The molecule has 1 aliphatic heterocycles. The first-order chi connectivity index (χ1) is 6.81. The van der Waals surface area contributed by atoms with Crippen LogP contribution in [0.2, 0.25) is 0 Å². The average molecular weight is 188 g/mol. The minimum absolute atomic E-state index is 0.452. The van der Waals surface area contributed by atoms with Crippen LogP contribution < -0.4 is 4.90 Å². The number of fused-ring (bicyclic) bond motifs is 1. The Morgan fingerprint density at radius 1 is 1.57 bits per heavy atom. The Morgan fingerprint density at radius 2 is 2.43 bits per heavy atom. The largest absolute Gasteiger partial charge is 0.374 e. The van der Waals surface area contributed by atoms with Crippen LogP contribution in [0.3, 0.4) is 0 Å². The quantitative estimate of drug-likeness (QED) is 0.399. The summed E-state index contributed by atoms with van der Waals surface area (Å²) >= 11 is 0. The summed E-state index contributed by atoms with van der Waals surface area (Å²) < 4.78 is 0. The zero-order chi connectivity index (χ0) is 9.97. The van der Waals surface area contributed by atoms with Crippen molar-refractivity contribution in [2.45, 2.75) is 13.0 Å². The number of rotatable bonds is 2. The Bertz CT molecular complexity index is 393. The van der Waals surface area contributed by atoms with E-state index in [0.29, 0.717) is 6.54 Å². The lowest BCUT2D eigenvalue weighted by Gasteiger charge is -2.11. The molecule has 1 aromatic carbocycles. The van der Waals surface area contributed by atoms with Crippen molar-refractivity contribution in [2.24, 2.45) is 5.11 Å². The smallest absolute Gasteiger partial charge is 0.0511 e. The van der Waals surface area contributed by atoms with E-state index in [2.05, 4.69) is 34.1 Å². The van der Waals surface area contributed by atoms with Crippen LogP contribution >= 0.6 is 0 Å². The lowest BCUT2D eigenvalue weighted by atomic mass is 10.1. The fourth-order valence-electron chi connectivity index (χ4n) is 1.83. The molecule has 0 atom stereocenters. The average Bonchev–Trinajstić information content (AvgIpc) is 2.57. The summed E-state index contributed by atoms with van der Waals surface area (Å²) in [7, 11) is 2.10. The Hall–Kier alpha value is -1.67. The van der Waals surface area contributed by atoms with E-state index in [-0.39, 0.29) is 0 Å². The van der Waals surface area contributed by atoms with Crippen LogP contribution in [-0.4, -0.2) is 13.6 Å². The van der Waals surface area contributed by atoms with E-state index < -0.39 is 0 Å². The van der Waals surface area contributed by atoms with Crippen LogP contribution in [-0.2, 0) is 13.0 Å². The monoisotopic (exact) mass is 188 g/mol. The zero-order valence-corrected chi connectivity index (χ0v) is 8.14. The molecule has 4 heteroatoms. The summed E-state index contributed by atoms with van der Waals surface area (Å²) in [6.45, 7) is 1.54. The fraction of sp³-hybridized carbons (Fsp3) is 0.400. The minimum atomic E-state index is 0.452. The number of likely N-dealkylation sites (N-methyl/N-ethyl adjacent to an activating group) is 1. The molecule has 14 heavy (non-hydrogen) atoms. The Balaban J connectivity index is 2.27. The molecule has 0 unspecified atom stereocenters. The van der Waals surface area contributed by atoms with Crippen LogP contribution in [0.15, 0.2) is 23.3 Å². The molecule has 0 radical (unpaired) electrons. The van der Waals surface area contributed by atoms with Crippen molar-refractivity contribution in [3.63, 3.8) is 0 Å². The van der Waals surface area contributed by atoms with Gasteiger partial charge < -0.3 is 4.90 Å². The van der Waals surface area contributed by atoms with Crippen LogP contribution in [0.1, 0.15) is 11.1 Å². The van der Waals surface area contributed by atoms with E-state index in [4.69, 9.17) is 5.53 Å². The summed E-state index contributed by atoms with van der Waals surface area (Å²) in [4.78, 5) is 5.00. The van der Waals surface area contributed by atoms with Gasteiger partial charge in [-0.05, 0) is 29.1 Å². The number of nitrogens with zero attached hydrogens (tertiary/aromatic N) is 4. The van der Waals surface area contributed by atoms with E-state index in [1.54, 1.807) is 0 Å². The topological polar surface area (TPSA) is 52.0 Å². The molecule has 0 bridgehead atoms. The van der Waals surface area contributed by atoms with Crippen molar-refractivity contribution in [1.82, 2.24) is 0 Å². The van der Waals surface area contributed by atoms with Crippen LogP contribution in [0.25, 0.3) is 10.4 Å². The van der Waals surface area contributed by atoms with Gasteiger partial charge in [0.05, 0.1) is 6.54 Å². The van der Waals surface area contributed by atoms with Gasteiger partial charge in [-0.3, -0.25) is 0 Å². The third kappa shape index (κ3) is 1.52. The van der Waals surface area contributed by atoms with Crippen molar-refractivity contribution in [2.75, 3.05) is 18.5 Å². The Morgan fingerprint density at radius 3 is 3.21 bits per heavy atom. The highest BCUT2D eigenvalue weighted by atomic mass is 15.1. The van der Waals surface area contributed by atoms with Gasteiger partial charge in [0.15, 0.2) is 0 Å². The van der Waals surface area contributed by atoms with Crippen molar-refractivity contribution >= 4 is 5.69 Å². The molecule has 1 aromatic rings. The van der Waals surface area contributed by atoms with Gasteiger partial charge in [0.25, 0.3) is 0 Å². The molecule has 0 aliphatic carbocycles. The highest BCUT2D eigenvalue weighted by Crippen LogP contribution is 2.27. The molecule has 0 aromatic heterocycles. The third-order valence-corrected chi connectivity index (χ3v) is 2.59. The number of benzene rings is 1. The van der Waals surface area contributed by atoms with Crippen molar-refractivity contribution < 1.29 is 0 Å². The van der Waals surface area contributed by atoms with Gasteiger partial charge >= 0.3 is 0 Å². The molecule has 1 aliphatic rings. The first-order valence-electron chi connectivity index (χ1n) is 4.65. The summed E-state index contributed by atoms with van der Waals surface area (Å²) in [5.41, 5.74) is 12.0. The molecule has 0 saturated heterocycles. The molecular weight excluding hydrogens is 176 g/mol. The van der Waals surface area contributed by atoms with Gasteiger partial charge in [0.2, 0.25) is 0 Å². The first kappa shape index (κ1) is 8.91. The molecule has 1 heterocycles. The van der Waals surface area contributed by atoms with Crippen molar-refractivity contribution in [3.8, 4) is 0 Å². The molecule has 0 saturated carbocycles. The maximum atomic E-state index is 8.21. The summed E-state index contributed by atoms with van der Waals surface area (Å²) in [5, 5.41) is 3.55. The molecular formula is C10H12N4. The second-order valence-electron chi connectivity index (χ2n) is 3.52. The zero-order valence-electron chi connectivity index (χ0n) is 8.14. The van der Waals surface area contributed by atoms with E-state index in [0.717, 1.165) is 18.5 Å². The SMILES string of the molecule is CN1CCc2cc(CN=[N+]=[N-])ccc21. The molecule has 0 fully saturated rings. The second kappa shape index (κ2) is 3.60. The predicted molar refractivity (Wildman–Crippen MR) is 56.3 cm³/mol. The maximum Gasteiger partial charge on any atom is 0.0511 e. The highest BCUT2D eigenvalue weighted by Gasteiger charge is 2.14. The van der Waals surface area contributed by atoms with Gasteiger partial charge in [0, 0.05) is 24.2 Å². The number of hydrogen-bond donors (Lipinski definition) is 0. The van der Waals surface area contributed by atoms with Gasteiger partial charge in [-0.15, -0.1) is 0 Å². The van der Waals surface area contributed by atoms with Gasteiger partial charge in [-0.1, -0.05) is 17.2 Å². The van der Waals surface area contributed by atoms with Gasteiger partial charge in [-0.25, -0.2) is 0 Å². The maximum absolute atomic E-state index is 8.21. The normalized spacial score (nSPS) is 13.6. The molecule has 0 N–H and O–H groups in total. The Labute approximate surface area is 82.8 Å². The third-order valence-electron chi connectivity index (χ3n) is 2.59. The van der Waals surface area contributed by atoms with Crippen molar-refractivity contribution in [3.05, 3.63) is 39.8 Å². The van der Waals surface area contributed by atoms with Crippen LogP contribution in [0.5, 0.6) is 0 Å². The number of anilines is 1. The highest BCUT2D eigenvalue weighted by molar-refractivity contribution is 5.58. The number of azide groups is 1. The Kier molecular flexibility index (Phi) is 2.29.